The highest BCUT2D eigenvalue weighted by molar-refractivity contribution is 8.01. The summed E-state index contributed by atoms with van der Waals surface area (Å²) >= 11 is 3.21. The number of fused-ring (bicyclic) bond motifs is 1. The highest BCUT2D eigenvalue weighted by Gasteiger charge is 2.13. The summed E-state index contributed by atoms with van der Waals surface area (Å²) < 4.78 is 2.14. The van der Waals surface area contributed by atoms with Crippen LogP contribution in [0.25, 0.3) is 10.2 Å². The van der Waals surface area contributed by atoms with E-state index in [2.05, 4.69) is 48.3 Å². The van der Waals surface area contributed by atoms with Crippen molar-refractivity contribution >= 4 is 33.3 Å². The summed E-state index contributed by atoms with van der Waals surface area (Å²) in [4.78, 5) is 4.59. The van der Waals surface area contributed by atoms with E-state index in [4.69, 9.17) is 0 Å². The van der Waals surface area contributed by atoms with Crippen molar-refractivity contribution in [2.24, 2.45) is 0 Å². The van der Waals surface area contributed by atoms with Crippen molar-refractivity contribution in [3.8, 4) is 6.07 Å². The molecule has 0 unspecified atom stereocenters. The molecule has 0 fully saturated rings. The summed E-state index contributed by atoms with van der Waals surface area (Å²) in [7, 11) is 0. The zero-order valence-corrected chi connectivity index (χ0v) is 13.2. The number of nitriles is 1. The van der Waals surface area contributed by atoms with E-state index >= 15 is 0 Å². The molecule has 0 radical (unpaired) electrons. The van der Waals surface area contributed by atoms with Gasteiger partial charge in [0.15, 0.2) is 4.34 Å². The van der Waals surface area contributed by atoms with Crippen molar-refractivity contribution in [1.29, 1.82) is 5.26 Å². The Kier molecular flexibility index (Phi) is 4.23. The molecule has 2 nitrogen and oxygen atoms in total. The number of aromatic nitrogens is 1. The first-order valence-electron chi connectivity index (χ1n) is 6.72. The lowest BCUT2D eigenvalue weighted by molar-refractivity contribution is 1.02. The Hall–Kier alpha value is -1.83. The molecule has 0 aliphatic carbocycles. The van der Waals surface area contributed by atoms with Gasteiger partial charge in [0.05, 0.1) is 16.3 Å². The maximum absolute atomic E-state index is 9.38. The number of aryl methyl sites for hydroxylation is 1. The molecule has 0 saturated carbocycles. The molecular formula is C17H14N2S2. The van der Waals surface area contributed by atoms with Crippen LogP contribution in [0.4, 0.5) is 0 Å². The van der Waals surface area contributed by atoms with Crippen molar-refractivity contribution in [1.82, 2.24) is 4.98 Å². The fourth-order valence-corrected chi connectivity index (χ4v) is 4.31. The normalized spacial score (nSPS) is 12.2. The van der Waals surface area contributed by atoms with Gasteiger partial charge in [0.25, 0.3) is 0 Å². The summed E-state index contributed by atoms with van der Waals surface area (Å²) in [5, 5.41) is 9.28. The van der Waals surface area contributed by atoms with Gasteiger partial charge in [-0.2, -0.15) is 5.26 Å². The van der Waals surface area contributed by atoms with Crippen LogP contribution in [-0.4, -0.2) is 10.2 Å². The third-order valence-electron chi connectivity index (χ3n) is 3.20. The van der Waals surface area contributed by atoms with Crippen LogP contribution in [0.1, 0.15) is 11.1 Å². The van der Waals surface area contributed by atoms with E-state index in [1.807, 2.05) is 18.2 Å². The zero-order valence-electron chi connectivity index (χ0n) is 11.6. The number of benzene rings is 2. The van der Waals surface area contributed by atoms with Gasteiger partial charge in [-0.3, -0.25) is 0 Å². The van der Waals surface area contributed by atoms with Crippen molar-refractivity contribution in [2.45, 2.75) is 22.9 Å². The average molecular weight is 310 g/mol. The predicted octanol–water partition coefficient (Wildman–Crippen LogP) is 4.83. The van der Waals surface area contributed by atoms with E-state index in [1.165, 1.54) is 15.8 Å². The van der Waals surface area contributed by atoms with E-state index < -0.39 is 0 Å². The van der Waals surface area contributed by atoms with Crippen LogP contribution in [0, 0.1) is 18.3 Å². The van der Waals surface area contributed by atoms with Crippen LogP contribution in [0.2, 0.25) is 0 Å². The minimum absolute atomic E-state index is 0.103. The first-order chi connectivity index (χ1) is 10.2. The molecule has 104 valence electrons. The molecule has 1 heterocycles. The quantitative estimate of drug-likeness (QED) is 0.647. The van der Waals surface area contributed by atoms with Gasteiger partial charge in [0.1, 0.15) is 5.25 Å². The number of thioether (sulfide) groups is 1. The minimum Gasteiger partial charge on any atom is -0.230 e. The standard InChI is InChI=1S/C17H14N2S2/c1-12-6-8-13(9-7-12)10-14(11-18)20-17-19-15-4-2-3-5-16(15)21-17/h2-9,14H,10H2,1H3/t14-/m0/s1. The molecule has 0 amide bonds. The predicted molar refractivity (Wildman–Crippen MR) is 89.8 cm³/mol. The second-order valence-corrected chi connectivity index (χ2v) is 7.35. The van der Waals surface area contributed by atoms with Gasteiger partial charge in [-0.15, -0.1) is 11.3 Å². The molecule has 4 heteroatoms. The summed E-state index contributed by atoms with van der Waals surface area (Å²) in [5.74, 6) is 0. The molecule has 2 aromatic carbocycles. The number of thiazole rings is 1. The molecule has 0 aliphatic rings. The maximum Gasteiger partial charge on any atom is 0.152 e. The van der Waals surface area contributed by atoms with Gasteiger partial charge >= 0.3 is 0 Å². The SMILES string of the molecule is Cc1ccc(C[C@@H](C#N)Sc2nc3ccccc3s2)cc1. The van der Waals surface area contributed by atoms with Gasteiger partial charge < -0.3 is 0 Å². The van der Waals surface area contributed by atoms with E-state index in [-0.39, 0.29) is 5.25 Å². The van der Waals surface area contributed by atoms with Gasteiger partial charge in [-0.25, -0.2) is 4.98 Å². The molecule has 1 aromatic heterocycles. The Balaban J connectivity index is 1.75. The van der Waals surface area contributed by atoms with Gasteiger partial charge in [0.2, 0.25) is 0 Å². The topological polar surface area (TPSA) is 36.7 Å². The molecule has 0 spiro atoms. The number of hydrogen-bond acceptors (Lipinski definition) is 4. The Morgan fingerprint density at radius 2 is 1.95 bits per heavy atom. The number of nitrogens with zero attached hydrogens (tertiary/aromatic N) is 2. The van der Waals surface area contributed by atoms with Crippen molar-refractivity contribution in [2.75, 3.05) is 0 Å². The monoisotopic (exact) mass is 310 g/mol. The molecule has 21 heavy (non-hydrogen) atoms. The average Bonchev–Trinajstić information content (AvgIpc) is 2.91. The lowest BCUT2D eigenvalue weighted by atomic mass is 10.1. The van der Waals surface area contributed by atoms with E-state index in [0.717, 1.165) is 16.3 Å². The van der Waals surface area contributed by atoms with Gasteiger partial charge in [0, 0.05) is 0 Å². The van der Waals surface area contributed by atoms with Crippen molar-refractivity contribution in [3.05, 3.63) is 59.7 Å². The maximum atomic E-state index is 9.38. The van der Waals surface area contributed by atoms with Crippen LogP contribution >= 0.6 is 23.1 Å². The summed E-state index contributed by atoms with van der Waals surface area (Å²) in [6, 6.07) is 18.8. The molecule has 1 atom stereocenters. The highest BCUT2D eigenvalue weighted by Crippen LogP contribution is 2.32. The van der Waals surface area contributed by atoms with Crippen LogP contribution in [-0.2, 0) is 6.42 Å². The molecule has 3 rings (SSSR count). The lowest BCUT2D eigenvalue weighted by Gasteiger charge is -2.07. The second-order valence-electron chi connectivity index (χ2n) is 4.87. The minimum atomic E-state index is -0.103. The number of rotatable bonds is 4. The number of hydrogen-bond donors (Lipinski definition) is 0. The van der Waals surface area contributed by atoms with E-state index in [1.54, 1.807) is 23.1 Å². The molecular weight excluding hydrogens is 296 g/mol. The lowest BCUT2D eigenvalue weighted by Crippen LogP contribution is -2.03. The Morgan fingerprint density at radius 1 is 1.19 bits per heavy atom. The molecule has 0 saturated heterocycles. The molecule has 3 aromatic rings. The largest absolute Gasteiger partial charge is 0.230 e. The summed E-state index contributed by atoms with van der Waals surface area (Å²) in [6.45, 7) is 2.07. The zero-order chi connectivity index (χ0) is 14.7. The van der Waals surface area contributed by atoms with Gasteiger partial charge in [-0.05, 0) is 31.0 Å². The highest BCUT2D eigenvalue weighted by atomic mass is 32.2. The van der Waals surface area contributed by atoms with E-state index in [9.17, 15) is 5.26 Å². The fourth-order valence-electron chi connectivity index (χ4n) is 2.08. The summed E-state index contributed by atoms with van der Waals surface area (Å²) in [6.07, 6.45) is 0.747. The van der Waals surface area contributed by atoms with Crippen LogP contribution in [0.5, 0.6) is 0 Å². The Morgan fingerprint density at radius 3 is 2.67 bits per heavy atom. The smallest absolute Gasteiger partial charge is 0.152 e. The third kappa shape index (κ3) is 3.44. The number of para-hydroxylation sites is 1. The third-order valence-corrected chi connectivity index (χ3v) is 5.42. The van der Waals surface area contributed by atoms with E-state index in [0.29, 0.717) is 0 Å². The molecule has 0 bridgehead atoms. The van der Waals surface area contributed by atoms with Crippen LogP contribution < -0.4 is 0 Å². The molecule has 0 aliphatic heterocycles. The van der Waals surface area contributed by atoms with Gasteiger partial charge in [-0.1, -0.05) is 53.7 Å². The second kappa shape index (κ2) is 6.30. The first kappa shape index (κ1) is 14.1. The first-order valence-corrected chi connectivity index (χ1v) is 8.41. The Bertz CT molecular complexity index is 751. The van der Waals surface area contributed by atoms with Crippen LogP contribution in [0.3, 0.4) is 0 Å². The van der Waals surface area contributed by atoms with Crippen molar-refractivity contribution < 1.29 is 0 Å². The Labute approximate surface area is 132 Å². The van der Waals surface area contributed by atoms with Crippen LogP contribution in [0.15, 0.2) is 52.9 Å². The fraction of sp³-hybridized carbons (Fsp3) is 0.176. The molecule has 0 N–H and O–H groups in total. The summed E-state index contributed by atoms with van der Waals surface area (Å²) in [5.41, 5.74) is 3.45. The van der Waals surface area contributed by atoms with Crippen molar-refractivity contribution in [3.63, 3.8) is 0 Å².